The van der Waals surface area contributed by atoms with E-state index in [2.05, 4.69) is 10.9 Å². The summed E-state index contributed by atoms with van der Waals surface area (Å²) in [5.41, 5.74) is 0. The molecule has 0 N–H and O–H groups in total. The van der Waals surface area contributed by atoms with E-state index in [9.17, 15) is 13.2 Å². The first-order chi connectivity index (χ1) is 9.86. The Balaban J connectivity index is 2.03. The second kappa shape index (κ2) is 6.44. The van der Waals surface area contributed by atoms with Gasteiger partial charge in [0.2, 0.25) is 6.04 Å². The van der Waals surface area contributed by atoms with Crippen molar-refractivity contribution in [3.05, 3.63) is 11.4 Å². The van der Waals surface area contributed by atoms with Crippen molar-refractivity contribution in [1.82, 2.24) is 0 Å². The quantitative estimate of drug-likeness (QED) is 0.504. The Morgan fingerprint density at radius 3 is 2.24 bits per heavy atom. The van der Waals surface area contributed by atoms with Gasteiger partial charge in [-0.2, -0.15) is 18.4 Å². The van der Waals surface area contributed by atoms with E-state index < -0.39 is 18.1 Å². The molecule has 0 radical (unpaired) electrons. The predicted molar refractivity (Wildman–Crippen MR) is 73.4 cm³/mol. The van der Waals surface area contributed by atoms with Crippen molar-refractivity contribution in [2.24, 2.45) is 23.7 Å². The van der Waals surface area contributed by atoms with Crippen molar-refractivity contribution < 1.29 is 13.2 Å². The van der Waals surface area contributed by atoms with Crippen LogP contribution in [0.3, 0.4) is 0 Å². The zero-order valence-corrected chi connectivity index (χ0v) is 12.4. The molecule has 2 aliphatic rings. The van der Waals surface area contributed by atoms with Crippen molar-refractivity contribution in [2.45, 2.75) is 56.1 Å². The topological polar surface area (TPSA) is 28.1 Å². The number of halogens is 4. The summed E-state index contributed by atoms with van der Waals surface area (Å²) >= 11 is 6.19. The minimum atomic E-state index is -4.29. The minimum Gasteiger partial charge on any atom is -0.313 e. The van der Waals surface area contributed by atoms with E-state index in [4.69, 9.17) is 23.4 Å². The van der Waals surface area contributed by atoms with Crippen molar-refractivity contribution >= 4 is 11.6 Å². The van der Waals surface area contributed by atoms with Crippen molar-refractivity contribution in [1.29, 1.82) is 5.26 Å². The van der Waals surface area contributed by atoms with E-state index in [0.717, 1.165) is 6.42 Å². The summed E-state index contributed by atoms with van der Waals surface area (Å²) in [5.74, 6) is -1.54. The van der Waals surface area contributed by atoms with Gasteiger partial charge in [0.05, 0.1) is 12.0 Å². The number of nitriles is 1. The van der Waals surface area contributed by atoms with Gasteiger partial charge in [-0.25, -0.2) is 6.57 Å². The molecule has 6 atom stereocenters. The van der Waals surface area contributed by atoms with Gasteiger partial charge < -0.3 is 4.85 Å². The van der Waals surface area contributed by atoms with E-state index in [1.807, 2.05) is 0 Å². The lowest BCUT2D eigenvalue weighted by Crippen LogP contribution is -2.41. The highest BCUT2D eigenvalue weighted by Crippen LogP contribution is 2.47. The molecule has 2 saturated carbocycles. The molecule has 0 spiro atoms. The first kappa shape index (κ1) is 16.4. The van der Waals surface area contributed by atoms with Gasteiger partial charge in [-0.3, -0.25) is 0 Å². The SMILES string of the molecule is [C-]#[N+]C1CCC(C2CCC(C#N)C(Cl)C2)CC1C(F)(F)F. The Bertz CT molecular complexity index is 451. The van der Waals surface area contributed by atoms with Crippen LogP contribution in [0.1, 0.15) is 38.5 Å². The van der Waals surface area contributed by atoms with Crippen LogP contribution in [-0.4, -0.2) is 17.6 Å². The number of alkyl halides is 4. The lowest BCUT2D eigenvalue weighted by atomic mass is 9.67. The van der Waals surface area contributed by atoms with Crippen LogP contribution in [0.15, 0.2) is 0 Å². The molecule has 116 valence electrons. The molecule has 2 nitrogen and oxygen atoms in total. The maximum Gasteiger partial charge on any atom is 0.399 e. The zero-order valence-electron chi connectivity index (χ0n) is 11.6. The van der Waals surface area contributed by atoms with E-state index in [1.54, 1.807) is 0 Å². The number of hydrogen-bond acceptors (Lipinski definition) is 1. The first-order valence-corrected chi connectivity index (χ1v) is 7.77. The molecule has 0 amide bonds. The van der Waals surface area contributed by atoms with Gasteiger partial charge in [-0.05, 0) is 43.9 Å². The van der Waals surface area contributed by atoms with E-state index in [-0.39, 0.29) is 29.6 Å². The molecule has 2 fully saturated rings. The summed E-state index contributed by atoms with van der Waals surface area (Å²) in [5, 5.41) is 8.70. The van der Waals surface area contributed by atoms with Gasteiger partial charge in [0.25, 0.3) is 0 Å². The Morgan fingerprint density at radius 2 is 1.71 bits per heavy atom. The van der Waals surface area contributed by atoms with E-state index in [0.29, 0.717) is 25.7 Å². The lowest BCUT2D eigenvalue weighted by Gasteiger charge is -2.39. The minimum absolute atomic E-state index is 0.0180. The van der Waals surface area contributed by atoms with Gasteiger partial charge in [0.1, 0.15) is 5.92 Å². The highest BCUT2D eigenvalue weighted by atomic mass is 35.5. The highest BCUT2D eigenvalue weighted by molar-refractivity contribution is 6.21. The summed E-state index contributed by atoms with van der Waals surface area (Å²) in [6.45, 7) is 6.97. The summed E-state index contributed by atoms with van der Waals surface area (Å²) in [7, 11) is 0. The summed E-state index contributed by atoms with van der Waals surface area (Å²) in [6, 6.07) is 1.25. The summed E-state index contributed by atoms with van der Waals surface area (Å²) in [6.07, 6.45) is -1.18. The Hall–Kier alpha value is -0.940. The second-order valence-corrected chi connectivity index (χ2v) is 6.80. The van der Waals surface area contributed by atoms with Gasteiger partial charge in [-0.15, -0.1) is 11.6 Å². The van der Waals surface area contributed by atoms with Crippen LogP contribution in [0.2, 0.25) is 0 Å². The molecule has 0 aromatic heterocycles. The van der Waals surface area contributed by atoms with Gasteiger partial charge in [0.15, 0.2) is 0 Å². The van der Waals surface area contributed by atoms with Crippen LogP contribution in [-0.2, 0) is 0 Å². The van der Waals surface area contributed by atoms with Crippen LogP contribution in [0.5, 0.6) is 0 Å². The maximum absolute atomic E-state index is 13.1. The number of rotatable bonds is 1. The molecular weight excluding hydrogens is 301 g/mol. The predicted octanol–water partition coefficient (Wildman–Crippen LogP) is 4.80. The van der Waals surface area contributed by atoms with Crippen LogP contribution in [0.4, 0.5) is 13.2 Å². The molecule has 2 aliphatic carbocycles. The van der Waals surface area contributed by atoms with E-state index >= 15 is 0 Å². The molecule has 0 aliphatic heterocycles. The molecule has 0 aromatic rings. The van der Waals surface area contributed by atoms with Crippen molar-refractivity contribution in [3.63, 3.8) is 0 Å². The summed E-state index contributed by atoms with van der Waals surface area (Å²) in [4.78, 5) is 3.18. The van der Waals surface area contributed by atoms with Crippen LogP contribution in [0.25, 0.3) is 4.85 Å². The highest BCUT2D eigenvalue weighted by Gasteiger charge is 2.52. The van der Waals surface area contributed by atoms with Crippen LogP contribution >= 0.6 is 11.6 Å². The number of nitrogens with zero attached hydrogens (tertiary/aromatic N) is 2. The molecule has 0 aromatic carbocycles. The fourth-order valence-corrected chi connectivity index (χ4v) is 4.25. The second-order valence-electron chi connectivity index (χ2n) is 6.24. The van der Waals surface area contributed by atoms with Gasteiger partial charge in [0, 0.05) is 11.8 Å². The standard InChI is InChI=1S/C15H18ClF3N2/c1-21-14-5-4-9(6-12(14)15(17,18)19)10-2-3-11(8-20)13(16)7-10/h9-14H,2-7H2. The Kier molecular flexibility index (Phi) is 5.04. The average molecular weight is 319 g/mol. The number of hydrogen-bond donors (Lipinski definition) is 0. The smallest absolute Gasteiger partial charge is 0.313 e. The molecule has 0 saturated heterocycles. The van der Waals surface area contributed by atoms with Crippen molar-refractivity contribution in [2.75, 3.05) is 0 Å². The normalized spacial score (nSPS) is 41.0. The van der Waals surface area contributed by atoms with Crippen molar-refractivity contribution in [3.8, 4) is 6.07 Å². The lowest BCUT2D eigenvalue weighted by molar-refractivity contribution is -0.189. The Labute approximate surface area is 128 Å². The molecule has 2 rings (SSSR count). The molecular formula is C15H18ClF3N2. The monoisotopic (exact) mass is 318 g/mol. The third-order valence-electron chi connectivity index (χ3n) is 5.09. The van der Waals surface area contributed by atoms with Crippen LogP contribution < -0.4 is 0 Å². The van der Waals surface area contributed by atoms with Gasteiger partial charge >= 0.3 is 6.18 Å². The third kappa shape index (κ3) is 3.64. The maximum atomic E-state index is 13.1. The van der Waals surface area contributed by atoms with Gasteiger partial charge in [-0.1, -0.05) is 0 Å². The average Bonchev–Trinajstić information content (AvgIpc) is 2.45. The zero-order chi connectivity index (χ0) is 15.6. The first-order valence-electron chi connectivity index (χ1n) is 7.33. The molecule has 21 heavy (non-hydrogen) atoms. The van der Waals surface area contributed by atoms with E-state index in [1.165, 1.54) is 0 Å². The molecule has 0 bridgehead atoms. The van der Waals surface area contributed by atoms with Crippen LogP contribution in [0, 0.1) is 41.6 Å². The molecule has 6 unspecified atom stereocenters. The fraction of sp³-hybridized carbons (Fsp3) is 0.867. The summed E-state index contributed by atoms with van der Waals surface area (Å²) < 4.78 is 39.3. The third-order valence-corrected chi connectivity index (χ3v) is 5.57. The molecule has 6 heteroatoms. The molecule has 0 heterocycles. The largest absolute Gasteiger partial charge is 0.399 e. The fourth-order valence-electron chi connectivity index (χ4n) is 3.84. The Morgan fingerprint density at radius 1 is 1.10 bits per heavy atom.